The van der Waals surface area contributed by atoms with Crippen molar-refractivity contribution in [3.05, 3.63) is 23.7 Å². The van der Waals surface area contributed by atoms with Gasteiger partial charge in [-0.1, -0.05) is 6.42 Å². The van der Waals surface area contributed by atoms with Gasteiger partial charge in [0, 0.05) is 12.6 Å². The number of rotatable bonds is 5. The third-order valence-corrected chi connectivity index (χ3v) is 3.65. The van der Waals surface area contributed by atoms with Crippen LogP contribution in [-0.4, -0.2) is 44.2 Å². The number of methoxy groups -OCH3 is 1. The van der Waals surface area contributed by atoms with Gasteiger partial charge in [0.15, 0.2) is 0 Å². The first-order valence-corrected chi connectivity index (χ1v) is 6.78. The van der Waals surface area contributed by atoms with E-state index in [1.165, 1.54) is 32.9 Å². The molecular formula is C14H22N2O3. The average Bonchev–Trinajstić information content (AvgIpc) is 2.89. The van der Waals surface area contributed by atoms with Gasteiger partial charge in [0.1, 0.15) is 5.76 Å². The van der Waals surface area contributed by atoms with Crippen LogP contribution in [0.25, 0.3) is 0 Å². The van der Waals surface area contributed by atoms with Crippen LogP contribution in [-0.2, 0) is 11.3 Å². The Labute approximate surface area is 113 Å². The molecule has 19 heavy (non-hydrogen) atoms. The molecular weight excluding hydrogens is 244 g/mol. The predicted octanol–water partition coefficient (Wildman–Crippen LogP) is 1.64. The van der Waals surface area contributed by atoms with E-state index < -0.39 is 5.97 Å². The number of piperidine rings is 1. The summed E-state index contributed by atoms with van der Waals surface area (Å²) in [6.45, 7) is 2.77. The van der Waals surface area contributed by atoms with E-state index in [1.54, 1.807) is 6.07 Å². The van der Waals surface area contributed by atoms with E-state index in [0.29, 0.717) is 12.6 Å². The number of likely N-dealkylation sites (tertiary alicyclic amines) is 1. The first kappa shape index (κ1) is 14.1. The van der Waals surface area contributed by atoms with Crippen molar-refractivity contribution in [2.45, 2.75) is 31.8 Å². The summed E-state index contributed by atoms with van der Waals surface area (Å²) in [4.78, 5) is 13.6. The molecule has 1 fully saturated rings. The lowest BCUT2D eigenvalue weighted by Crippen LogP contribution is -2.42. The van der Waals surface area contributed by atoms with Crippen molar-refractivity contribution < 1.29 is 13.9 Å². The SMILES string of the molecule is COC(=O)c1ccc(CNCC2CCCCN2C)o1. The second-order valence-corrected chi connectivity index (χ2v) is 5.02. The molecule has 1 unspecified atom stereocenters. The number of nitrogens with zero attached hydrogens (tertiary/aromatic N) is 1. The molecule has 1 atom stereocenters. The molecule has 2 heterocycles. The highest BCUT2D eigenvalue weighted by molar-refractivity contribution is 5.86. The standard InChI is InChI=1S/C14H22N2O3/c1-16-8-4-3-5-11(16)9-15-10-12-6-7-13(19-12)14(17)18-2/h6-7,11,15H,3-5,8-10H2,1-2H3. The monoisotopic (exact) mass is 266 g/mol. The van der Waals surface area contributed by atoms with Crippen LogP contribution in [0.15, 0.2) is 16.5 Å². The quantitative estimate of drug-likeness (QED) is 0.821. The smallest absolute Gasteiger partial charge is 0.373 e. The molecule has 2 rings (SSSR count). The lowest BCUT2D eigenvalue weighted by atomic mass is 10.0. The molecule has 0 radical (unpaired) electrons. The number of nitrogens with one attached hydrogen (secondary N) is 1. The first-order valence-electron chi connectivity index (χ1n) is 6.78. The molecule has 0 spiro atoms. The minimum atomic E-state index is -0.432. The van der Waals surface area contributed by atoms with E-state index in [9.17, 15) is 4.79 Å². The predicted molar refractivity (Wildman–Crippen MR) is 72.0 cm³/mol. The Morgan fingerprint density at radius 3 is 3.11 bits per heavy atom. The number of likely N-dealkylation sites (N-methyl/N-ethyl adjacent to an activating group) is 1. The van der Waals surface area contributed by atoms with Crippen LogP contribution in [0.2, 0.25) is 0 Å². The van der Waals surface area contributed by atoms with Gasteiger partial charge in [-0.05, 0) is 38.6 Å². The van der Waals surface area contributed by atoms with Crippen molar-refractivity contribution >= 4 is 5.97 Å². The number of hydrogen-bond donors (Lipinski definition) is 1. The molecule has 0 aliphatic carbocycles. The number of esters is 1. The molecule has 1 N–H and O–H groups in total. The second-order valence-electron chi connectivity index (χ2n) is 5.02. The van der Waals surface area contributed by atoms with Gasteiger partial charge in [0.05, 0.1) is 13.7 Å². The van der Waals surface area contributed by atoms with E-state index in [4.69, 9.17) is 4.42 Å². The number of carbonyl (C=O) groups excluding carboxylic acids is 1. The van der Waals surface area contributed by atoms with Crippen molar-refractivity contribution in [3.8, 4) is 0 Å². The maximum absolute atomic E-state index is 11.2. The summed E-state index contributed by atoms with van der Waals surface area (Å²) in [5.41, 5.74) is 0. The molecule has 1 saturated heterocycles. The third kappa shape index (κ3) is 3.81. The Kier molecular flexibility index (Phi) is 4.99. The van der Waals surface area contributed by atoms with E-state index >= 15 is 0 Å². The maximum Gasteiger partial charge on any atom is 0.373 e. The third-order valence-electron chi connectivity index (χ3n) is 3.65. The molecule has 5 heteroatoms. The van der Waals surface area contributed by atoms with Crippen LogP contribution in [0.4, 0.5) is 0 Å². The summed E-state index contributed by atoms with van der Waals surface area (Å²) in [6, 6.07) is 4.06. The number of ether oxygens (including phenoxy) is 1. The zero-order chi connectivity index (χ0) is 13.7. The Hall–Kier alpha value is -1.33. The fraction of sp³-hybridized carbons (Fsp3) is 0.643. The molecule has 106 valence electrons. The second kappa shape index (κ2) is 6.73. The van der Waals surface area contributed by atoms with Crippen molar-refractivity contribution in [3.63, 3.8) is 0 Å². The minimum Gasteiger partial charge on any atom is -0.463 e. The highest BCUT2D eigenvalue weighted by atomic mass is 16.5. The molecule has 1 aliphatic rings. The van der Waals surface area contributed by atoms with Gasteiger partial charge in [-0.25, -0.2) is 4.79 Å². The molecule has 0 bridgehead atoms. The van der Waals surface area contributed by atoms with Crippen LogP contribution in [0.3, 0.4) is 0 Å². The number of carbonyl (C=O) groups is 1. The van der Waals surface area contributed by atoms with Gasteiger partial charge in [0.2, 0.25) is 5.76 Å². The van der Waals surface area contributed by atoms with Crippen molar-refractivity contribution in [2.75, 3.05) is 27.2 Å². The molecule has 1 aromatic heterocycles. The van der Waals surface area contributed by atoms with Gasteiger partial charge in [-0.2, -0.15) is 0 Å². The zero-order valence-corrected chi connectivity index (χ0v) is 11.6. The normalized spacial score (nSPS) is 20.4. The molecule has 0 saturated carbocycles. The van der Waals surface area contributed by atoms with Gasteiger partial charge in [0.25, 0.3) is 0 Å². The van der Waals surface area contributed by atoms with Crippen molar-refractivity contribution in [1.82, 2.24) is 10.2 Å². The fourth-order valence-electron chi connectivity index (χ4n) is 2.45. The summed E-state index contributed by atoms with van der Waals surface area (Å²) in [5.74, 6) is 0.589. The first-order chi connectivity index (χ1) is 9.20. The van der Waals surface area contributed by atoms with E-state index in [1.807, 2.05) is 6.07 Å². The van der Waals surface area contributed by atoms with E-state index in [2.05, 4.69) is 22.0 Å². The zero-order valence-electron chi connectivity index (χ0n) is 11.6. The molecule has 1 aromatic rings. The average molecular weight is 266 g/mol. The lowest BCUT2D eigenvalue weighted by molar-refractivity contribution is 0.0562. The van der Waals surface area contributed by atoms with Gasteiger partial charge >= 0.3 is 5.97 Å². The molecule has 0 amide bonds. The Morgan fingerprint density at radius 1 is 1.53 bits per heavy atom. The van der Waals surface area contributed by atoms with E-state index in [-0.39, 0.29) is 5.76 Å². The fourth-order valence-corrected chi connectivity index (χ4v) is 2.45. The number of hydrogen-bond acceptors (Lipinski definition) is 5. The highest BCUT2D eigenvalue weighted by Gasteiger charge is 2.18. The summed E-state index contributed by atoms with van der Waals surface area (Å²) in [5, 5.41) is 3.38. The lowest BCUT2D eigenvalue weighted by Gasteiger charge is -2.32. The summed E-state index contributed by atoms with van der Waals surface area (Å²) in [7, 11) is 3.52. The summed E-state index contributed by atoms with van der Waals surface area (Å²) in [6.07, 6.45) is 3.85. The van der Waals surface area contributed by atoms with Gasteiger partial charge < -0.3 is 19.4 Å². The van der Waals surface area contributed by atoms with Crippen LogP contribution in [0.1, 0.15) is 35.6 Å². The Balaban J connectivity index is 1.76. The van der Waals surface area contributed by atoms with Gasteiger partial charge in [-0.15, -0.1) is 0 Å². The summed E-state index contributed by atoms with van der Waals surface area (Å²) >= 11 is 0. The van der Waals surface area contributed by atoms with E-state index in [0.717, 1.165) is 12.3 Å². The van der Waals surface area contributed by atoms with Crippen molar-refractivity contribution in [2.24, 2.45) is 0 Å². The van der Waals surface area contributed by atoms with Crippen LogP contribution in [0, 0.1) is 0 Å². The topological polar surface area (TPSA) is 54.7 Å². The molecule has 0 aromatic carbocycles. The minimum absolute atomic E-state index is 0.258. The Bertz CT molecular complexity index is 417. The van der Waals surface area contributed by atoms with Gasteiger partial charge in [-0.3, -0.25) is 0 Å². The molecule has 5 nitrogen and oxygen atoms in total. The highest BCUT2D eigenvalue weighted by Crippen LogP contribution is 2.14. The van der Waals surface area contributed by atoms with Crippen molar-refractivity contribution in [1.29, 1.82) is 0 Å². The summed E-state index contributed by atoms with van der Waals surface area (Å²) < 4.78 is 10.0. The largest absolute Gasteiger partial charge is 0.463 e. The number of furan rings is 1. The van der Waals surface area contributed by atoms with Crippen LogP contribution < -0.4 is 5.32 Å². The maximum atomic E-state index is 11.2. The Morgan fingerprint density at radius 2 is 2.37 bits per heavy atom. The van der Waals surface area contributed by atoms with Crippen LogP contribution >= 0.6 is 0 Å². The van der Waals surface area contributed by atoms with Crippen LogP contribution in [0.5, 0.6) is 0 Å². The molecule has 1 aliphatic heterocycles.